The lowest BCUT2D eigenvalue weighted by atomic mass is 9.80. The first kappa shape index (κ1) is 7.03. The summed E-state index contributed by atoms with van der Waals surface area (Å²) >= 11 is 0. The van der Waals surface area contributed by atoms with Gasteiger partial charge in [-0.15, -0.1) is 0 Å². The molecule has 1 heterocycles. The van der Waals surface area contributed by atoms with Crippen LogP contribution in [-0.4, -0.2) is 13.1 Å². The number of hydrogen-bond donors (Lipinski definition) is 2. The molecule has 0 bridgehead atoms. The molecule has 9 heavy (non-hydrogen) atoms. The molecule has 1 aliphatic heterocycles. The molecule has 2 nitrogen and oxygen atoms in total. The highest BCUT2D eigenvalue weighted by Crippen LogP contribution is 2.26. The molecule has 0 spiro atoms. The predicted octanol–water partition coefficient (Wildman–Crippen LogP) is 0.757. The fourth-order valence-electron chi connectivity index (χ4n) is 1.000. The minimum Gasteiger partial charge on any atom is -0.257 e. The highest BCUT2D eigenvalue weighted by atomic mass is 15.4. The quantitative estimate of drug-likeness (QED) is 0.544. The van der Waals surface area contributed by atoms with Gasteiger partial charge in [-0.25, -0.2) is 0 Å². The lowest BCUT2D eigenvalue weighted by molar-refractivity contribution is 0.268. The van der Waals surface area contributed by atoms with E-state index in [0.717, 1.165) is 19.0 Å². The number of hydrogen-bond acceptors (Lipinski definition) is 2. The standard InChI is InChI=1S/C7H16N2/c1-6(2)7(3)4-8-9-5-7/h6,8-9H,4-5H2,1-3H3. The van der Waals surface area contributed by atoms with Crippen molar-refractivity contribution >= 4 is 0 Å². The maximum Gasteiger partial charge on any atom is 0.0169 e. The van der Waals surface area contributed by atoms with E-state index in [2.05, 4.69) is 31.6 Å². The van der Waals surface area contributed by atoms with Gasteiger partial charge in [-0.1, -0.05) is 20.8 Å². The van der Waals surface area contributed by atoms with Crippen molar-refractivity contribution in [2.45, 2.75) is 20.8 Å². The highest BCUT2D eigenvalue weighted by Gasteiger charge is 2.31. The van der Waals surface area contributed by atoms with Gasteiger partial charge < -0.3 is 0 Å². The van der Waals surface area contributed by atoms with Gasteiger partial charge in [0.25, 0.3) is 0 Å². The molecule has 0 aromatic heterocycles. The van der Waals surface area contributed by atoms with E-state index in [1.165, 1.54) is 0 Å². The molecule has 1 saturated heterocycles. The van der Waals surface area contributed by atoms with Crippen LogP contribution >= 0.6 is 0 Å². The second kappa shape index (κ2) is 2.27. The van der Waals surface area contributed by atoms with Crippen LogP contribution in [0.25, 0.3) is 0 Å². The van der Waals surface area contributed by atoms with Crippen molar-refractivity contribution < 1.29 is 0 Å². The average molecular weight is 128 g/mol. The van der Waals surface area contributed by atoms with Crippen molar-refractivity contribution in [1.82, 2.24) is 10.9 Å². The van der Waals surface area contributed by atoms with Gasteiger partial charge in [-0.2, -0.15) is 0 Å². The fourth-order valence-corrected chi connectivity index (χ4v) is 1.000. The molecule has 0 radical (unpaired) electrons. The smallest absolute Gasteiger partial charge is 0.0169 e. The van der Waals surface area contributed by atoms with E-state index >= 15 is 0 Å². The molecule has 0 atom stereocenters. The summed E-state index contributed by atoms with van der Waals surface area (Å²) in [4.78, 5) is 0. The second-order valence-corrected chi connectivity index (χ2v) is 3.52. The topological polar surface area (TPSA) is 24.1 Å². The van der Waals surface area contributed by atoms with E-state index in [-0.39, 0.29) is 0 Å². The van der Waals surface area contributed by atoms with Crippen molar-refractivity contribution in [3.8, 4) is 0 Å². The Balaban J connectivity index is 2.51. The van der Waals surface area contributed by atoms with Gasteiger partial charge in [0.1, 0.15) is 0 Å². The fraction of sp³-hybridized carbons (Fsp3) is 1.00. The van der Waals surface area contributed by atoms with Crippen LogP contribution in [0.2, 0.25) is 0 Å². The number of hydrazine groups is 1. The molecule has 0 aromatic rings. The van der Waals surface area contributed by atoms with E-state index in [4.69, 9.17) is 0 Å². The Hall–Kier alpha value is -0.0800. The largest absolute Gasteiger partial charge is 0.257 e. The monoisotopic (exact) mass is 128 g/mol. The predicted molar refractivity (Wildman–Crippen MR) is 39.0 cm³/mol. The van der Waals surface area contributed by atoms with Gasteiger partial charge in [0.05, 0.1) is 0 Å². The average Bonchev–Trinajstić information content (AvgIpc) is 2.16. The molecule has 1 aliphatic rings. The molecule has 1 rings (SSSR count). The van der Waals surface area contributed by atoms with E-state index in [9.17, 15) is 0 Å². The van der Waals surface area contributed by atoms with E-state index < -0.39 is 0 Å². The molecular weight excluding hydrogens is 112 g/mol. The Morgan fingerprint density at radius 2 is 1.67 bits per heavy atom. The lowest BCUT2D eigenvalue weighted by Crippen LogP contribution is -2.28. The van der Waals surface area contributed by atoms with Crippen LogP contribution in [0.5, 0.6) is 0 Å². The minimum absolute atomic E-state index is 0.472. The third-order valence-electron chi connectivity index (χ3n) is 2.50. The molecule has 54 valence electrons. The van der Waals surface area contributed by atoms with Crippen LogP contribution in [-0.2, 0) is 0 Å². The molecule has 0 amide bonds. The zero-order valence-corrected chi connectivity index (χ0v) is 6.49. The summed E-state index contributed by atoms with van der Waals surface area (Å²) in [5.74, 6) is 0.764. The Bertz CT molecular complexity index is 93.1. The van der Waals surface area contributed by atoms with Crippen LogP contribution in [0, 0.1) is 11.3 Å². The molecule has 0 saturated carbocycles. The van der Waals surface area contributed by atoms with Gasteiger partial charge in [-0.3, -0.25) is 10.9 Å². The summed E-state index contributed by atoms with van der Waals surface area (Å²) in [6.07, 6.45) is 0. The molecule has 1 fully saturated rings. The molecule has 0 aliphatic carbocycles. The maximum absolute atomic E-state index is 3.14. The molecular formula is C7H16N2. The van der Waals surface area contributed by atoms with Crippen LogP contribution in [0.3, 0.4) is 0 Å². The van der Waals surface area contributed by atoms with Gasteiger partial charge in [0.15, 0.2) is 0 Å². The summed E-state index contributed by atoms with van der Waals surface area (Å²) in [5, 5.41) is 0. The zero-order valence-electron chi connectivity index (χ0n) is 6.49. The zero-order chi connectivity index (χ0) is 6.91. The first-order valence-electron chi connectivity index (χ1n) is 3.61. The first-order valence-corrected chi connectivity index (χ1v) is 3.61. The van der Waals surface area contributed by atoms with Crippen LogP contribution < -0.4 is 10.9 Å². The molecule has 0 aromatic carbocycles. The van der Waals surface area contributed by atoms with Crippen molar-refractivity contribution in [3.63, 3.8) is 0 Å². The van der Waals surface area contributed by atoms with Gasteiger partial charge in [0, 0.05) is 13.1 Å². The lowest BCUT2D eigenvalue weighted by Gasteiger charge is -2.25. The van der Waals surface area contributed by atoms with Gasteiger partial charge >= 0.3 is 0 Å². The Labute approximate surface area is 57.0 Å². The first-order chi connectivity index (χ1) is 4.15. The molecule has 0 unspecified atom stereocenters. The van der Waals surface area contributed by atoms with Crippen molar-refractivity contribution in [1.29, 1.82) is 0 Å². The van der Waals surface area contributed by atoms with Crippen molar-refractivity contribution in [2.75, 3.05) is 13.1 Å². The maximum atomic E-state index is 3.14. The van der Waals surface area contributed by atoms with E-state index in [1.807, 2.05) is 0 Å². The van der Waals surface area contributed by atoms with Crippen molar-refractivity contribution in [2.24, 2.45) is 11.3 Å². The number of rotatable bonds is 1. The molecule has 2 N–H and O–H groups in total. The van der Waals surface area contributed by atoms with Crippen LogP contribution in [0.1, 0.15) is 20.8 Å². The van der Waals surface area contributed by atoms with Gasteiger partial charge in [0.2, 0.25) is 0 Å². The summed E-state index contributed by atoms with van der Waals surface area (Å²) in [5.41, 5.74) is 6.76. The SMILES string of the molecule is CC(C)C1(C)CNNC1. The molecule has 2 heteroatoms. The van der Waals surface area contributed by atoms with Crippen LogP contribution in [0.4, 0.5) is 0 Å². The Morgan fingerprint density at radius 1 is 1.22 bits per heavy atom. The van der Waals surface area contributed by atoms with E-state index in [1.54, 1.807) is 0 Å². The normalized spacial score (nSPS) is 25.3. The summed E-state index contributed by atoms with van der Waals surface area (Å²) in [6.45, 7) is 9.06. The third kappa shape index (κ3) is 1.25. The minimum atomic E-state index is 0.472. The Kier molecular flexibility index (Phi) is 1.78. The summed E-state index contributed by atoms with van der Waals surface area (Å²) in [6, 6.07) is 0. The second-order valence-electron chi connectivity index (χ2n) is 3.52. The number of nitrogens with one attached hydrogen (secondary N) is 2. The third-order valence-corrected chi connectivity index (χ3v) is 2.50. The Morgan fingerprint density at radius 3 is 1.89 bits per heavy atom. The summed E-state index contributed by atoms with van der Waals surface area (Å²) < 4.78 is 0. The van der Waals surface area contributed by atoms with Crippen LogP contribution in [0.15, 0.2) is 0 Å². The summed E-state index contributed by atoms with van der Waals surface area (Å²) in [7, 11) is 0. The van der Waals surface area contributed by atoms with E-state index in [0.29, 0.717) is 5.41 Å². The van der Waals surface area contributed by atoms with Crippen molar-refractivity contribution in [3.05, 3.63) is 0 Å². The van der Waals surface area contributed by atoms with Gasteiger partial charge in [-0.05, 0) is 11.3 Å². The highest BCUT2D eigenvalue weighted by molar-refractivity contribution is 4.85.